The van der Waals surface area contributed by atoms with Gasteiger partial charge in [0.05, 0.1) is 5.56 Å². The molecule has 4 nitrogen and oxygen atoms in total. The molecule has 148 valence electrons. The minimum atomic E-state index is -4.37. The summed E-state index contributed by atoms with van der Waals surface area (Å²) in [7, 11) is 0. The van der Waals surface area contributed by atoms with E-state index in [2.05, 4.69) is 6.58 Å². The predicted molar refractivity (Wildman–Crippen MR) is 102 cm³/mol. The first-order valence-corrected chi connectivity index (χ1v) is 8.94. The Bertz CT molecular complexity index is 826. The number of rotatable bonds is 5. The van der Waals surface area contributed by atoms with Gasteiger partial charge in [0.25, 0.3) is 5.91 Å². The number of amides is 1. The molecular formula is C21H21F3N2O2. The normalized spacial score (nSPS) is 14.7. The quantitative estimate of drug-likeness (QED) is 0.717. The van der Waals surface area contributed by atoms with Crippen molar-refractivity contribution < 1.29 is 22.7 Å². The van der Waals surface area contributed by atoms with Crippen molar-refractivity contribution >= 4 is 11.6 Å². The number of hydrogen-bond donors (Lipinski definition) is 0. The molecule has 0 unspecified atom stereocenters. The number of nitrogens with zero attached hydrogens (tertiary/aromatic N) is 2. The molecule has 1 heterocycles. The Morgan fingerprint density at radius 1 is 1.07 bits per heavy atom. The summed E-state index contributed by atoms with van der Waals surface area (Å²) in [5, 5.41) is 0. The molecule has 0 N–H and O–H groups in total. The lowest BCUT2D eigenvalue weighted by Gasteiger charge is -2.36. The van der Waals surface area contributed by atoms with Gasteiger partial charge in [-0.2, -0.15) is 13.2 Å². The van der Waals surface area contributed by atoms with Crippen LogP contribution >= 0.6 is 0 Å². The topological polar surface area (TPSA) is 32.8 Å². The van der Waals surface area contributed by atoms with Crippen molar-refractivity contribution in [3.63, 3.8) is 0 Å². The average molecular weight is 390 g/mol. The van der Waals surface area contributed by atoms with Crippen molar-refractivity contribution in [1.29, 1.82) is 0 Å². The summed E-state index contributed by atoms with van der Waals surface area (Å²) in [6.45, 7) is 5.83. The molecule has 0 atom stereocenters. The lowest BCUT2D eigenvalue weighted by Crippen LogP contribution is -2.48. The molecule has 0 aliphatic carbocycles. The number of piperazine rings is 1. The van der Waals surface area contributed by atoms with E-state index in [1.165, 1.54) is 6.07 Å². The molecule has 1 aliphatic rings. The molecule has 0 radical (unpaired) electrons. The van der Waals surface area contributed by atoms with E-state index in [1.54, 1.807) is 41.3 Å². The number of alkyl halides is 3. The zero-order valence-corrected chi connectivity index (χ0v) is 15.3. The van der Waals surface area contributed by atoms with E-state index in [4.69, 9.17) is 4.74 Å². The molecule has 3 rings (SSSR count). The lowest BCUT2D eigenvalue weighted by atomic mass is 10.1. The molecule has 1 saturated heterocycles. The number of ether oxygens (including phenoxy) is 1. The number of halogens is 3. The first kappa shape index (κ1) is 19.8. The van der Waals surface area contributed by atoms with Crippen LogP contribution in [0.15, 0.2) is 61.2 Å². The highest BCUT2D eigenvalue weighted by Crippen LogP contribution is 2.32. The molecule has 28 heavy (non-hydrogen) atoms. The van der Waals surface area contributed by atoms with Gasteiger partial charge < -0.3 is 14.5 Å². The van der Waals surface area contributed by atoms with E-state index >= 15 is 0 Å². The number of carbonyl (C=O) groups excluding carboxylic acids is 1. The standard InChI is InChI=1S/C21H21F3N2O2/c1-2-14-28-19-8-6-16(7-9-19)20(27)26-12-10-25(11-13-26)18-5-3-4-17(15-18)21(22,23)24/h2-9,15H,1,10-14H2. The summed E-state index contributed by atoms with van der Waals surface area (Å²) < 4.78 is 44.1. The largest absolute Gasteiger partial charge is 0.490 e. The SMILES string of the molecule is C=CCOc1ccc(C(=O)N2CCN(c3cccc(C(F)(F)F)c3)CC2)cc1. The Kier molecular flexibility index (Phi) is 5.92. The maximum absolute atomic E-state index is 12.9. The van der Waals surface area contributed by atoms with Crippen molar-refractivity contribution in [1.82, 2.24) is 4.90 Å². The molecule has 0 bridgehead atoms. The van der Waals surface area contributed by atoms with Crippen molar-refractivity contribution in [2.75, 3.05) is 37.7 Å². The molecule has 1 amide bonds. The van der Waals surface area contributed by atoms with Gasteiger partial charge in [-0.25, -0.2) is 0 Å². The van der Waals surface area contributed by atoms with Crippen LogP contribution in [0.1, 0.15) is 15.9 Å². The van der Waals surface area contributed by atoms with Crippen LogP contribution < -0.4 is 9.64 Å². The second-order valence-corrected chi connectivity index (χ2v) is 6.45. The van der Waals surface area contributed by atoms with Crippen LogP contribution in [-0.4, -0.2) is 43.6 Å². The van der Waals surface area contributed by atoms with E-state index in [0.29, 0.717) is 49.8 Å². The molecule has 0 aromatic heterocycles. The minimum Gasteiger partial charge on any atom is -0.490 e. The highest BCUT2D eigenvalue weighted by molar-refractivity contribution is 5.94. The summed E-state index contributed by atoms with van der Waals surface area (Å²) in [6.07, 6.45) is -2.72. The van der Waals surface area contributed by atoms with Crippen molar-refractivity contribution in [3.8, 4) is 5.75 Å². The van der Waals surface area contributed by atoms with Crippen molar-refractivity contribution in [3.05, 3.63) is 72.3 Å². The molecule has 1 fully saturated rings. The van der Waals surface area contributed by atoms with Gasteiger partial charge in [0.2, 0.25) is 0 Å². The van der Waals surface area contributed by atoms with Crippen LogP contribution in [0.3, 0.4) is 0 Å². The first-order valence-electron chi connectivity index (χ1n) is 8.94. The van der Waals surface area contributed by atoms with Crippen LogP contribution in [0.2, 0.25) is 0 Å². The fourth-order valence-electron chi connectivity index (χ4n) is 3.08. The second kappa shape index (κ2) is 8.37. The van der Waals surface area contributed by atoms with E-state index in [0.717, 1.165) is 12.1 Å². The highest BCUT2D eigenvalue weighted by atomic mass is 19.4. The van der Waals surface area contributed by atoms with E-state index < -0.39 is 11.7 Å². The van der Waals surface area contributed by atoms with Gasteiger partial charge in [0.1, 0.15) is 12.4 Å². The smallest absolute Gasteiger partial charge is 0.416 e. The Labute approximate surface area is 161 Å². The van der Waals surface area contributed by atoms with Gasteiger partial charge in [-0.15, -0.1) is 0 Å². The van der Waals surface area contributed by atoms with Gasteiger partial charge in [-0.3, -0.25) is 4.79 Å². The number of benzene rings is 2. The van der Waals surface area contributed by atoms with E-state index in [1.807, 2.05) is 4.90 Å². The first-order chi connectivity index (χ1) is 13.4. The van der Waals surface area contributed by atoms with Crippen molar-refractivity contribution in [2.45, 2.75) is 6.18 Å². The molecular weight excluding hydrogens is 369 g/mol. The molecule has 0 spiro atoms. The predicted octanol–water partition coefficient (Wildman–Crippen LogP) is 4.23. The summed E-state index contributed by atoms with van der Waals surface area (Å²) in [6, 6.07) is 12.2. The molecule has 2 aromatic rings. The monoisotopic (exact) mass is 390 g/mol. The molecule has 2 aromatic carbocycles. The fraction of sp³-hybridized carbons (Fsp3) is 0.286. The van der Waals surface area contributed by atoms with Crippen LogP contribution in [-0.2, 0) is 6.18 Å². The third kappa shape index (κ3) is 4.65. The number of carbonyl (C=O) groups is 1. The van der Waals surface area contributed by atoms with Crippen molar-refractivity contribution in [2.24, 2.45) is 0 Å². The van der Waals surface area contributed by atoms with Crippen LogP contribution in [0, 0.1) is 0 Å². The zero-order chi connectivity index (χ0) is 20.1. The zero-order valence-electron chi connectivity index (χ0n) is 15.3. The summed E-state index contributed by atoms with van der Waals surface area (Å²) in [4.78, 5) is 16.2. The Balaban J connectivity index is 1.60. The van der Waals surface area contributed by atoms with Gasteiger partial charge >= 0.3 is 6.18 Å². The summed E-state index contributed by atoms with van der Waals surface area (Å²) in [5.41, 5.74) is 0.409. The third-order valence-corrected chi connectivity index (χ3v) is 4.57. The Morgan fingerprint density at radius 3 is 2.36 bits per heavy atom. The minimum absolute atomic E-state index is 0.0982. The number of hydrogen-bond acceptors (Lipinski definition) is 3. The van der Waals surface area contributed by atoms with Gasteiger partial charge in [0.15, 0.2) is 0 Å². The maximum Gasteiger partial charge on any atom is 0.416 e. The van der Waals surface area contributed by atoms with Gasteiger partial charge in [0, 0.05) is 37.4 Å². The second-order valence-electron chi connectivity index (χ2n) is 6.45. The van der Waals surface area contributed by atoms with Crippen LogP contribution in [0.4, 0.5) is 18.9 Å². The van der Waals surface area contributed by atoms with E-state index in [9.17, 15) is 18.0 Å². The maximum atomic E-state index is 12.9. The number of anilines is 1. The summed E-state index contributed by atoms with van der Waals surface area (Å²) >= 11 is 0. The molecule has 0 saturated carbocycles. The third-order valence-electron chi connectivity index (χ3n) is 4.57. The average Bonchev–Trinajstić information content (AvgIpc) is 2.72. The molecule has 7 heteroatoms. The van der Waals surface area contributed by atoms with Gasteiger partial charge in [-0.1, -0.05) is 18.7 Å². The Hall–Kier alpha value is -2.96. The van der Waals surface area contributed by atoms with Crippen LogP contribution in [0.25, 0.3) is 0 Å². The summed E-state index contributed by atoms with van der Waals surface area (Å²) in [5.74, 6) is 0.560. The van der Waals surface area contributed by atoms with E-state index in [-0.39, 0.29) is 5.91 Å². The fourth-order valence-corrected chi connectivity index (χ4v) is 3.08. The highest BCUT2D eigenvalue weighted by Gasteiger charge is 2.31. The van der Waals surface area contributed by atoms with Gasteiger partial charge in [-0.05, 0) is 42.5 Å². The Morgan fingerprint density at radius 2 is 1.75 bits per heavy atom. The van der Waals surface area contributed by atoms with Crippen LogP contribution in [0.5, 0.6) is 5.75 Å². The lowest BCUT2D eigenvalue weighted by molar-refractivity contribution is -0.137. The molecule has 1 aliphatic heterocycles.